The van der Waals surface area contributed by atoms with E-state index >= 15 is 0 Å². The Morgan fingerprint density at radius 1 is 1.06 bits per heavy atom. The van der Waals surface area contributed by atoms with Crippen LogP contribution in [0.2, 0.25) is 0 Å². The Bertz CT molecular complexity index is 448. The SMILES string of the molecule is Nc1c(C2CC2)[nH]n(C2CCCCCC2)c1=O. The molecule has 2 saturated carbocycles. The van der Waals surface area contributed by atoms with Gasteiger partial charge in [-0.05, 0) is 25.7 Å². The van der Waals surface area contributed by atoms with Crippen LogP contribution in [0.4, 0.5) is 5.69 Å². The topological polar surface area (TPSA) is 63.8 Å². The number of nitrogen functional groups attached to an aromatic ring is 1. The fourth-order valence-electron chi connectivity index (χ4n) is 2.94. The maximum Gasteiger partial charge on any atom is 0.290 e. The molecule has 0 bridgehead atoms. The molecule has 2 aliphatic carbocycles. The molecule has 17 heavy (non-hydrogen) atoms. The Morgan fingerprint density at radius 3 is 2.29 bits per heavy atom. The first kappa shape index (κ1) is 10.9. The molecular formula is C13H21N3O. The monoisotopic (exact) mass is 235 g/mol. The van der Waals surface area contributed by atoms with Gasteiger partial charge >= 0.3 is 0 Å². The summed E-state index contributed by atoms with van der Waals surface area (Å²) >= 11 is 0. The molecular weight excluding hydrogens is 214 g/mol. The number of rotatable bonds is 2. The average molecular weight is 235 g/mol. The molecule has 0 aliphatic heterocycles. The fraction of sp³-hybridized carbons (Fsp3) is 0.769. The van der Waals surface area contributed by atoms with E-state index in [1.54, 1.807) is 0 Å². The molecule has 1 heterocycles. The van der Waals surface area contributed by atoms with Crippen LogP contribution < -0.4 is 11.3 Å². The zero-order valence-electron chi connectivity index (χ0n) is 10.2. The van der Waals surface area contributed by atoms with Gasteiger partial charge < -0.3 is 5.73 Å². The summed E-state index contributed by atoms with van der Waals surface area (Å²) in [7, 11) is 0. The van der Waals surface area contributed by atoms with Gasteiger partial charge in [-0.25, -0.2) is 4.68 Å². The van der Waals surface area contributed by atoms with Gasteiger partial charge in [-0.2, -0.15) is 0 Å². The van der Waals surface area contributed by atoms with Crippen LogP contribution in [0.1, 0.15) is 69.0 Å². The molecule has 0 amide bonds. The summed E-state index contributed by atoms with van der Waals surface area (Å²) in [5.41, 5.74) is 7.41. The molecule has 2 fully saturated rings. The zero-order valence-corrected chi connectivity index (χ0v) is 10.2. The Hall–Kier alpha value is -1.19. The molecule has 0 unspecified atom stereocenters. The predicted octanol–water partition coefficient (Wildman–Crippen LogP) is 2.53. The molecule has 94 valence electrons. The van der Waals surface area contributed by atoms with E-state index in [1.165, 1.54) is 38.5 Å². The molecule has 0 atom stereocenters. The average Bonchev–Trinajstić information content (AvgIpc) is 3.13. The van der Waals surface area contributed by atoms with Crippen molar-refractivity contribution in [2.45, 2.75) is 63.3 Å². The van der Waals surface area contributed by atoms with Crippen LogP contribution in [0.25, 0.3) is 0 Å². The van der Waals surface area contributed by atoms with Crippen molar-refractivity contribution in [1.82, 2.24) is 9.78 Å². The first-order valence-electron chi connectivity index (χ1n) is 6.87. The third-order valence-electron chi connectivity index (χ3n) is 4.16. The number of nitrogens with one attached hydrogen (secondary N) is 1. The molecule has 1 aromatic rings. The molecule has 3 rings (SSSR count). The van der Waals surface area contributed by atoms with Crippen LogP contribution in [0.15, 0.2) is 4.79 Å². The van der Waals surface area contributed by atoms with Gasteiger partial charge in [0.15, 0.2) is 0 Å². The van der Waals surface area contributed by atoms with E-state index < -0.39 is 0 Å². The molecule has 1 aromatic heterocycles. The summed E-state index contributed by atoms with van der Waals surface area (Å²) in [6.45, 7) is 0. The van der Waals surface area contributed by atoms with E-state index in [9.17, 15) is 4.79 Å². The normalized spacial score (nSPS) is 22.6. The highest BCUT2D eigenvalue weighted by atomic mass is 16.1. The quantitative estimate of drug-likeness (QED) is 0.774. The summed E-state index contributed by atoms with van der Waals surface area (Å²) in [5.74, 6) is 0.523. The Labute approximate surface area is 101 Å². The summed E-state index contributed by atoms with van der Waals surface area (Å²) in [5, 5.41) is 3.29. The molecule has 0 radical (unpaired) electrons. The predicted molar refractivity (Wildman–Crippen MR) is 68.2 cm³/mol. The molecule has 0 spiro atoms. The van der Waals surface area contributed by atoms with Crippen LogP contribution in [-0.4, -0.2) is 9.78 Å². The summed E-state index contributed by atoms with van der Waals surface area (Å²) in [4.78, 5) is 12.1. The van der Waals surface area contributed by atoms with E-state index in [0.29, 0.717) is 17.6 Å². The van der Waals surface area contributed by atoms with Crippen LogP contribution in [0.5, 0.6) is 0 Å². The molecule has 3 N–H and O–H groups in total. The smallest absolute Gasteiger partial charge is 0.290 e. The number of H-pyrrole nitrogens is 1. The lowest BCUT2D eigenvalue weighted by Gasteiger charge is -2.14. The van der Waals surface area contributed by atoms with E-state index in [4.69, 9.17) is 5.73 Å². The van der Waals surface area contributed by atoms with E-state index in [0.717, 1.165) is 18.5 Å². The van der Waals surface area contributed by atoms with Gasteiger partial charge in [0.2, 0.25) is 0 Å². The standard InChI is InChI=1S/C13H21N3O/c14-11-12(9-7-8-9)15-16(13(11)17)10-5-3-1-2-4-6-10/h9-10,15H,1-8,14H2. The lowest BCUT2D eigenvalue weighted by Crippen LogP contribution is -2.23. The van der Waals surface area contributed by atoms with Gasteiger partial charge in [-0.15, -0.1) is 0 Å². The summed E-state index contributed by atoms with van der Waals surface area (Å²) in [6, 6.07) is 0.347. The molecule has 0 saturated heterocycles. The van der Waals surface area contributed by atoms with Crippen molar-refractivity contribution in [3.63, 3.8) is 0 Å². The number of hydrogen-bond donors (Lipinski definition) is 2. The highest BCUT2D eigenvalue weighted by molar-refractivity contribution is 5.44. The van der Waals surface area contributed by atoms with E-state index in [1.807, 2.05) is 4.68 Å². The van der Waals surface area contributed by atoms with Crippen LogP contribution in [0, 0.1) is 0 Å². The van der Waals surface area contributed by atoms with Crippen molar-refractivity contribution < 1.29 is 0 Å². The number of nitrogens with zero attached hydrogens (tertiary/aromatic N) is 1. The number of nitrogens with two attached hydrogens (primary N) is 1. The van der Waals surface area contributed by atoms with Crippen molar-refractivity contribution in [3.8, 4) is 0 Å². The number of anilines is 1. The Kier molecular flexibility index (Phi) is 2.73. The maximum absolute atomic E-state index is 12.1. The van der Waals surface area contributed by atoms with Crippen molar-refractivity contribution in [2.75, 3.05) is 5.73 Å². The first-order chi connectivity index (χ1) is 8.27. The third-order valence-corrected chi connectivity index (χ3v) is 4.16. The third kappa shape index (κ3) is 2.01. The lowest BCUT2D eigenvalue weighted by molar-refractivity contribution is 0.394. The largest absolute Gasteiger partial charge is 0.393 e. The Morgan fingerprint density at radius 2 is 1.71 bits per heavy atom. The van der Waals surface area contributed by atoms with Gasteiger partial charge in [0.25, 0.3) is 5.56 Å². The summed E-state index contributed by atoms with van der Waals surface area (Å²) < 4.78 is 1.81. The minimum absolute atomic E-state index is 0.0128. The lowest BCUT2D eigenvalue weighted by atomic mass is 10.1. The second-order valence-electron chi connectivity index (χ2n) is 5.53. The van der Waals surface area contributed by atoms with Gasteiger partial charge in [0.05, 0.1) is 11.7 Å². The number of aromatic nitrogens is 2. The van der Waals surface area contributed by atoms with Crippen molar-refractivity contribution in [1.29, 1.82) is 0 Å². The van der Waals surface area contributed by atoms with E-state index in [2.05, 4.69) is 5.10 Å². The van der Waals surface area contributed by atoms with Gasteiger partial charge in [-0.3, -0.25) is 9.89 Å². The minimum Gasteiger partial charge on any atom is -0.393 e. The maximum atomic E-state index is 12.1. The Balaban J connectivity index is 1.90. The first-order valence-corrected chi connectivity index (χ1v) is 6.87. The van der Waals surface area contributed by atoms with E-state index in [-0.39, 0.29) is 5.56 Å². The van der Waals surface area contributed by atoms with Crippen LogP contribution in [-0.2, 0) is 0 Å². The molecule has 4 nitrogen and oxygen atoms in total. The highest BCUT2D eigenvalue weighted by Crippen LogP contribution is 2.41. The van der Waals surface area contributed by atoms with Crippen molar-refractivity contribution >= 4 is 5.69 Å². The zero-order chi connectivity index (χ0) is 11.8. The van der Waals surface area contributed by atoms with Crippen LogP contribution >= 0.6 is 0 Å². The van der Waals surface area contributed by atoms with Crippen LogP contribution in [0.3, 0.4) is 0 Å². The molecule has 0 aromatic carbocycles. The second-order valence-corrected chi connectivity index (χ2v) is 5.53. The highest BCUT2D eigenvalue weighted by Gasteiger charge is 2.30. The molecule has 2 aliphatic rings. The molecule has 4 heteroatoms. The van der Waals surface area contributed by atoms with Crippen molar-refractivity contribution in [2.24, 2.45) is 0 Å². The van der Waals surface area contributed by atoms with Gasteiger partial charge in [-0.1, -0.05) is 25.7 Å². The number of hydrogen-bond acceptors (Lipinski definition) is 2. The minimum atomic E-state index is 0.0128. The van der Waals surface area contributed by atoms with Gasteiger partial charge in [0, 0.05) is 5.92 Å². The van der Waals surface area contributed by atoms with Crippen molar-refractivity contribution in [3.05, 3.63) is 16.0 Å². The second kappa shape index (κ2) is 4.24. The number of aromatic amines is 1. The summed E-state index contributed by atoms with van der Waals surface area (Å²) in [6.07, 6.45) is 9.65. The fourth-order valence-corrected chi connectivity index (χ4v) is 2.94. The van der Waals surface area contributed by atoms with Gasteiger partial charge in [0.1, 0.15) is 5.69 Å².